The van der Waals surface area contributed by atoms with Gasteiger partial charge in [-0.25, -0.2) is 13.5 Å². The van der Waals surface area contributed by atoms with E-state index in [0.717, 1.165) is 5.56 Å². The van der Waals surface area contributed by atoms with Crippen molar-refractivity contribution < 1.29 is 27.8 Å². The average molecular weight is 488 g/mol. The molecule has 9 nitrogen and oxygen atoms in total. The molecule has 0 radical (unpaired) electrons. The third-order valence-electron chi connectivity index (χ3n) is 4.83. The molecule has 2 aromatic carbocycles. The highest BCUT2D eigenvalue weighted by Gasteiger charge is 2.16. The summed E-state index contributed by atoms with van der Waals surface area (Å²) in [6.45, 7) is 2.23. The number of aromatic nitrogens is 3. The van der Waals surface area contributed by atoms with Gasteiger partial charge in [0, 0.05) is 18.7 Å². The van der Waals surface area contributed by atoms with Crippen LogP contribution in [0, 0.1) is 5.82 Å². The predicted octanol–water partition coefficient (Wildman–Crippen LogP) is 2.49. The molecule has 1 aromatic heterocycles. The normalized spacial score (nSPS) is 10.7. The molecular weight excluding hydrogens is 460 g/mol. The van der Waals surface area contributed by atoms with Gasteiger partial charge >= 0.3 is 0 Å². The minimum Gasteiger partial charge on any atom is -0.489 e. The van der Waals surface area contributed by atoms with E-state index < -0.39 is 12.6 Å². The van der Waals surface area contributed by atoms with Crippen molar-refractivity contribution >= 4 is 11.8 Å². The van der Waals surface area contributed by atoms with Gasteiger partial charge in [-0.15, -0.1) is 5.10 Å². The number of alkyl halides is 1. The van der Waals surface area contributed by atoms with Gasteiger partial charge in [0.05, 0.1) is 19.4 Å². The molecule has 0 aliphatic carbocycles. The molecule has 186 valence electrons. The molecule has 2 amide bonds. The van der Waals surface area contributed by atoms with Crippen LogP contribution in [0.25, 0.3) is 5.69 Å². The van der Waals surface area contributed by atoms with Gasteiger partial charge in [-0.3, -0.25) is 9.59 Å². The Morgan fingerprint density at radius 2 is 1.91 bits per heavy atom. The zero-order valence-corrected chi connectivity index (χ0v) is 19.3. The first-order valence-corrected chi connectivity index (χ1v) is 11.2. The lowest BCUT2D eigenvalue weighted by molar-refractivity contribution is 0.0894. The number of benzene rings is 2. The van der Waals surface area contributed by atoms with E-state index in [-0.39, 0.29) is 37.2 Å². The molecule has 0 spiro atoms. The molecule has 3 aromatic rings. The van der Waals surface area contributed by atoms with Crippen LogP contribution in [0.5, 0.6) is 5.75 Å². The van der Waals surface area contributed by atoms with E-state index in [0.29, 0.717) is 36.5 Å². The van der Waals surface area contributed by atoms with Gasteiger partial charge in [-0.1, -0.05) is 17.3 Å². The summed E-state index contributed by atoms with van der Waals surface area (Å²) < 4.78 is 37.7. The monoisotopic (exact) mass is 487 g/mol. The summed E-state index contributed by atoms with van der Waals surface area (Å²) in [7, 11) is 0. The lowest BCUT2D eigenvalue weighted by Crippen LogP contribution is -2.26. The molecule has 3 rings (SSSR count). The van der Waals surface area contributed by atoms with Gasteiger partial charge < -0.3 is 20.1 Å². The molecule has 0 saturated carbocycles. The zero-order chi connectivity index (χ0) is 25.0. The van der Waals surface area contributed by atoms with Crippen LogP contribution in [0.15, 0.2) is 48.7 Å². The number of rotatable bonds is 13. The van der Waals surface area contributed by atoms with E-state index in [2.05, 4.69) is 20.9 Å². The number of hydrogen-bond acceptors (Lipinski definition) is 6. The Hall–Kier alpha value is -3.86. The molecule has 0 aliphatic rings. The quantitative estimate of drug-likeness (QED) is 0.359. The summed E-state index contributed by atoms with van der Waals surface area (Å²) in [4.78, 5) is 24.7. The lowest BCUT2D eigenvalue weighted by atomic mass is 10.1. The topological polar surface area (TPSA) is 107 Å². The van der Waals surface area contributed by atoms with Crippen molar-refractivity contribution in [1.29, 1.82) is 0 Å². The van der Waals surface area contributed by atoms with Crippen molar-refractivity contribution in [2.45, 2.75) is 13.3 Å². The van der Waals surface area contributed by atoms with Gasteiger partial charge in [0.1, 0.15) is 30.5 Å². The highest BCUT2D eigenvalue weighted by Crippen LogP contribution is 2.24. The number of halogens is 2. The third-order valence-corrected chi connectivity index (χ3v) is 4.83. The number of nitrogens with one attached hydrogen (secondary N) is 2. The zero-order valence-electron chi connectivity index (χ0n) is 19.3. The van der Waals surface area contributed by atoms with Gasteiger partial charge in [-0.05, 0) is 49.2 Å². The number of carbonyl (C=O) groups excluding carboxylic acids is 2. The standard InChI is InChI=1S/C24H27F2N5O4/c1-2-27-23(32)18-6-7-21(22(15-18)35-13-12-34-11-9-25)31-16-20(29-30-31)24(33)28-10-8-17-4-3-5-19(26)14-17/h3-7,14-16H,2,8-13H2,1H3,(H,27,32)(H,28,33). The maximum absolute atomic E-state index is 13.3. The summed E-state index contributed by atoms with van der Waals surface area (Å²) in [5.74, 6) is -0.717. The molecule has 0 aliphatic heterocycles. The van der Waals surface area contributed by atoms with E-state index in [4.69, 9.17) is 9.47 Å². The largest absolute Gasteiger partial charge is 0.489 e. The minimum absolute atomic E-state index is 0.0318. The Morgan fingerprint density at radius 1 is 1.06 bits per heavy atom. The van der Waals surface area contributed by atoms with Crippen LogP contribution in [0.2, 0.25) is 0 Å². The maximum Gasteiger partial charge on any atom is 0.273 e. The second-order valence-corrected chi connectivity index (χ2v) is 7.38. The third kappa shape index (κ3) is 7.57. The van der Waals surface area contributed by atoms with Gasteiger partial charge in [0.25, 0.3) is 11.8 Å². The second-order valence-electron chi connectivity index (χ2n) is 7.38. The predicted molar refractivity (Wildman–Crippen MR) is 124 cm³/mol. The summed E-state index contributed by atoms with van der Waals surface area (Å²) >= 11 is 0. The molecule has 11 heteroatoms. The average Bonchev–Trinajstić information content (AvgIpc) is 3.34. The summed E-state index contributed by atoms with van der Waals surface area (Å²) in [5.41, 5.74) is 1.67. The molecule has 1 heterocycles. The van der Waals surface area contributed by atoms with Crippen LogP contribution in [0.1, 0.15) is 33.3 Å². The van der Waals surface area contributed by atoms with E-state index in [9.17, 15) is 18.4 Å². The molecule has 35 heavy (non-hydrogen) atoms. The fraction of sp³-hybridized carbons (Fsp3) is 0.333. The lowest BCUT2D eigenvalue weighted by Gasteiger charge is -2.13. The Morgan fingerprint density at radius 3 is 2.69 bits per heavy atom. The second kappa shape index (κ2) is 13.1. The number of nitrogens with zero attached hydrogens (tertiary/aromatic N) is 3. The van der Waals surface area contributed by atoms with E-state index in [1.807, 2.05) is 6.92 Å². The smallest absolute Gasteiger partial charge is 0.273 e. The van der Waals surface area contributed by atoms with Crippen LogP contribution in [-0.2, 0) is 11.2 Å². The Bertz CT molecular complexity index is 1140. The van der Waals surface area contributed by atoms with Crippen molar-refractivity contribution in [3.05, 3.63) is 71.3 Å². The summed E-state index contributed by atoms with van der Waals surface area (Å²) in [6.07, 6.45) is 1.90. The van der Waals surface area contributed by atoms with Crippen LogP contribution >= 0.6 is 0 Å². The number of carbonyl (C=O) groups is 2. The van der Waals surface area contributed by atoms with Gasteiger partial charge in [-0.2, -0.15) is 0 Å². The first-order valence-electron chi connectivity index (χ1n) is 11.2. The Balaban J connectivity index is 1.69. The molecule has 0 bridgehead atoms. The fourth-order valence-corrected chi connectivity index (χ4v) is 3.18. The number of amides is 2. The summed E-state index contributed by atoms with van der Waals surface area (Å²) in [6, 6.07) is 10.9. The van der Waals surface area contributed by atoms with Gasteiger partial charge in [0.2, 0.25) is 0 Å². The molecule has 0 atom stereocenters. The minimum atomic E-state index is -0.593. The van der Waals surface area contributed by atoms with E-state index >= 15 is 0 Å². The fourth-order valence-electron chi connectivity index (χ4n) is 3.18. The van der Waals surface area contributed by atoms with Crippen LogP contribution in [-0.4, -0.2) is 66.4 Å². The Kier molecular flexibility index (Phi) is 9.67. The van der Waals surface area contributed by atoms with Crippen molar-refractivity contribution in [2.75, 3.05) is 39.6 Å². The first-order chi connectivity index (χ1) is 17.0. The molecule has 0 saturated heterocycles. The first kappa shape index (κ1) is 25.8. The highest BCUT2D eigenvalue weighted by molar-refractivity contribution is 5.95. The van der Waals surface area contributed by atoms with Crippen LogP contribution in [0.4, 0.5) is 8.78 Å². The van der Waals surface area contributed by atoms with Crippen molar-refractivity contribution in [3.8, 4) is 11.4 Å². The van der Waals surface area contributed by atoms with E-state index in [1.165, 1.54) is 23.0 Å². The number of ether oxygens (including phenoxy) is 2. The highest BCUT2D eigenvalue weighted by atomic mass is 19.1. The molecule has 0 unspecified atom stereocenters. The SMILES string of the molecule is CCNC(=O)c1ccc(-n2cc(C(=O)NCCc3cccc(F)c3)nn2)c(OCCOCCF)c1. The maximum atomic E-state index is 13.3. The van der Waals surface area contributed by atoms with Crippen molar-refractivity contribution in [2.24, 2.45) is 0 Å². The Labute approximate surface area is 201 Å². The molecule has 2 N–H and O–H groups in total. The summed E-state index contributed by atoms with van der Waals surface area (Å²) in [5, 5.41) is 13.4. The molecule has 0 fully saturated rings. The molecular formula is C24H27F2N5O4. The van der Waals surface area contributed by atoms with Crippen molar-refractivity contribution in [1.82, 2.24) is 25.6 Å². The van der Waals surface area contributed by atoms with E-state index in [1.54, 1.807) is 30.3 Å². The number of hydrogen-bond donors (Lipinski definition) is 2. The van der Waals surface area contributed by atoms with Crippen LogP contribution in [0.3, 0.4) is 0 Å². The van der Waals surface area contributed by atoms with Gasteiger partial charge in [0.15, 0.2) is 5.69 Å². The van der Waals surface area contributed by atoms with Crippen molar-refractivity contribution in [3.63, 3.8) is 0 Å². The van der Waals surface area contributed by atoms with Crippen LogP contribution < -0.4 is 15.4 Å².